The molecule has 166 valence electrons. The molecule has 0 atom stereocenters. The van der Waals surface area contributed by atoms with Crippen molar-refractivity contribution >= 4 is 28.8 Å². The Morgan fingerprint density at radius 2 is 1.70 bits per heavy atom. The van der Waals surface area contributed by atoms with Gasteiger partial charge in [0.15, 0.2) is 0 Å². The van der Waals surface area contributed by atoms with Crippen molar-refractivity contribution in [1.82, 2.24) is 15.6 Å². The van der Waals surface area contributed by atoms with Crippen LogP contribution < -0.4 is 10.6 Å². The van der Waals surface area contributed by atoms with Gasteiger partial charge in [0.1, 0.15) is 5.70 Å². The molecule has 0 bridgehead atoms. The summed E-state index contributed by atoms with van der Waals surface area (Å²) in [7, 11) is 0. The summed E-state index contributed by atoms with van der Waals surface area (Å²) in [6.45, 7) is 4.38. The van der Waals surface area contributed by atoms with Crippen molar-refractivity contribution in [2.24, 2.45) is 0 Å². The molecule has 2 amide bonds. The number of amides is 2. The molecule has 0 aliphatic rings. The Morgan fingerprint density at radius 1 is 0.909 bits per heavy atom. The van der Waals surface area contributed by atoms with Crippen LogP contribution in [0.4, 0.5) is 0 Å². The largest absolute Gasteiger partial charge is 0.361 e. The number of carbonyl (C=O) groups is 2. The van der Waals surface area contributed by atoms with Crippen LogP contribution in [-0.4, -0.2) is 23.3 Å². The van der Waals surface area contributed by atoms with Gasteiger partial charge in [-0.1, -0.05) is 65.7 Å². The third-order valence-electron chi connectivity index (χ3n) is 5.52. The van der Waals surface area contributed by atoms with Crippen LogP contribution in [0, 0.1) is 13.8 Å². The summed E-state index contributed by atoms with van der Waals surface area (Å²) in [4.78, 5) is 29.1. The zero-order valence-corrected chi connectivity index (χ0v) is 18.8. The third kappa shape index (κ3) is 5.57. The molecule has 0 aliphatic heterocycles. The van der Waals surface area contributed by atoms with Crippen molar-refractivity contribution in [2.75, 3.05) is 6.54 Å². The third-order valence-corrected chi connectivity index (χ3v) is 5.52. The fourth-order valence-corrected chi connectivity index (χ4v) is 3.71. The molecule has 33 heavy (non-hydrogen) atoms. The number of hydrogen-bond acceptors (Lipinski definition) is 2. The van der Waals surface area contributed by atoms with Gasteiger partial charge in [-0.3, -0.25) is 9.59 Å². The number of nitrogens with one attached hydrogen (secondary N) is 3. The number of H-pyrrole nitrogens is 1. The number of hydrogen-bond donors (Lipinski definition) is 3. The SMILES string of the molecule is Cc1ccc(/C=C(/NC(=O)c2cccc(C)c2)C(=O)NCCc2c[nH]c3ccccc23)cc1. The van der Waals surface area contributed by atoms with Crippen molar-refractivity contribution in [3.63, 3.8) is 0 Å². The molecule has 0 aliphatic carbocycles. The zero-order valence-electron chi connectivity index (χ0n) is 18.8. The summed E-state index contributed by atoms with van der Waals surface area (Å²) in [5.74, 6) is -0.639. The van der Waals surface area contributed by atoms with E-state index in [1.165, 1.54) is 0 Å². The van der Waals surface area contributed by atoms with Crippen molar-refractivity contribution in [2.45, 2.75) is 20.3 Å². The first-order valence-corrected chi connectivity index (χ1v) is 11.0. The minimum atomic E-state index is -0.323. The summed E-state index contributed by atoms with van der Waals surface area (Å²) in [6.07, 6.45) is 4.35. The Labute approximate surface area is 193 Å². The quantitative estimate of drug-likeness (QED) is 0.359. The van der Waals surface area contributed by atoms with Crippen LogP contribution in [0.25, 0.3) is 17.0 Å². The van der Waals surface area contributed by atoms with E-state index in [9.17, 15) is 9.59 Å². The minimum absolute atomic E-state index is 0.212. The van der Waals surface area contributed by atoms with Crippen LogP contribution in [0.15, 0.2) is 84.7 Å². The molecule has 3 aromatic carbocycles. The number of fused-ring (bicyclic) bond motifs is 1. The zero-order chi connectivity index (χ0) is 23.2. The predicted octanol–water partition coefficient (Wildman–Crippen LogP) is 4.91. The molecule has 5 nitrogen and oxygen atoms in total. The minimum Gasteiger partial charge on any atom is -0.361 e. The van der Waals surface area contributed by atoms with Crippen molar-refractivity contribution in [1.29, 1.82) is 0 Å². The first-order valence-electron chi connectivity index (χ1n) is 11.0. The van der Waals surface area contributed by atoms with Crippen molar-refractivity contribution in [3.05, 3.63) is 113 Å². The molecule has 5 heteroatoms. The highest BCUT2D eigenvalue weighted by Crippen LogP contribution is 2.18. The Balaban J connectivity index is 1.49. The summed E-state index contributed by atoms with van der Waals surface area (Å²) in [6, 6.07) is 23.2. The normalized spacial score (nSPS) is 11.4. The van der Waals surface area contributed by atoms with Gasteiger partial charge in [0.25, 0.3) is 11.8 Å². The van der Waals surface area contributed by atoms with E-state index < -0.39 is 0 Å². The predicted molar refractivity (Wildman–Crippen MR) is 133 cm³/mol. The molecule has 4 rings (SSSR count). The molecule has 3 N–H and O–H groups in total. The Bertz CT molecular complexity index is 1320. The molecular weight excluding hydrogens is 410 g/mol. The summed E-state index contributed by atoms with van der Waals surface area (Å²) in [5, 5.41) is 6.90. The van der Waals surface area contributed by atoms with Crippen molar-refractivity contribution in [3.8, 4) is 0 Å². The topological polar surface area (TPSA) is 74.0 Å². The lowest BCUT2D eigenvalue weighted by Gasteiger charge is -2.12. The van der Waals surface area contributed by atoms with E-state index in [4.69, 9.17) is 0 Å². The van der Waals surface area contributed by atoms with Gasteiger partial charge in [-0.25, -0.2) is 0 Å². The number of para-hydroxylation sites is 1. The Morgan fingerprint density at radius 3 is 2.48 bits per heavy atom. The highest BCUT2D eigenvalue weighted by atomic mass is 16.2. The maximum absolute atomic E-state index is 13.0. The van der Waals surface area contributed by atoms with Gasteiger partial charge in [-0.2, -0.15) is 0 Å². The lowest BCUT2D eigenvalue weighted by molar-refractivity contribution is -0.117. The van der Waals surface area contributed by atoms with Gasteiger partial charge in [-0.15, -0.1) is 0 Å². The molecule has 1 heterocycles. The van der Waals surface area contributed by atoms with E-state index in [0.717, 1.165) is 33.2 Å². The molecule has 0 saturated heterocycles. The van der Waals surface area contributed by atoms with Gasteiger partial charge >= 0.3 is 0 Å². The number of rotatable bonds is 7. The van der Waals surface area contributed by atoms with E-state index >= 15 is 0 Å². The molecule has 0 spiro atoms. The smallest absolute Gasteiger partial charge is 0.267 e. The maximum atomic E-state index is 13.0. The van der Waals surface area contributed by atoms with Crippen LogP contribution in [0.3, 0.4) is 0 Å². The van der Waals surface area contributed by atoms with Gasteiger partial charge in [-0.05, 0) is 55.7 Å². The van der Waals surface area contributed by atoms with Crippen LogP contribution >= 0.6 is 0 Å². The van der Waals surface area contributed by atoms with Crippen LogP contribution in [0.5, 0.6) is 0 Å². The van der Waals surface area contributed by atoms with Gasteiger partial charge < -0.3 is 15.6 Å². The second-order valence-corrected chi connectivity index (χ2v) is 8.16. The number of carbonyl (C=O) groups excluding carboxylic acids is 2. The maximum Gasteiger partial charge on any atom is 0.267 e. The highest BCUT2D eigenvalue weighted by molar-refractivity contribution is 6.05. The summed E-state index contributed by atoms with van der Waals surface area (Å²) >= 11 is 0. The van der Waals surface area contributed by atoms with Crippen LogP contribution in [0.2, 0.25) is 0 Å². The van der Waals surface area contributed by atoms with Gasteiger partial charge in [0.2, 0.25) is 0 Å². The highest BCUT2D eigenvalue weighted by Gasteiger charge is 2.15. The average Bonchev–Trinajstić information content (AvgIpc) is 3.23. The lowest BCUT2D eigenvalue weighted by atomic mass is 10.1. The van der Waals surface area contributed by atoms with Crippen molar-refractivity contribution < 1.29 is 9.59 Å². The van der Waals surface area contributed by atoms with E-state index in [0.29, 0.717) is 18.5 Å². The number of aromatic nitrogens is 1. The van der Waals surface area contributed by atoms with E-state index in [2.05, 4.69) is 21.7 Å². The van der Waals surface area contributed by atoms with E-state index in [1.807, 2.05) is 74.6 Å². The van der Waals surface area contributed by atoms with E-state index in [-0.39, 0.29) is 17.5 Å². The fourth-order valence-electron chi connectivity index (χ4n) is 3.71. The molecule has 0 fully saturated rings. The molecule has 0 radical (unpaired) electrons. The standard InChI is InChI=1S/C28H27N3O2/c1-19-10-12-21(13-11-19)17-26(31-27(32)22-7-5-6-20(2)16-22)28(33)29-15-14-23-18-30-25-9-4-3-8-24(23)25/h3-13,16-18,30H,14-15H2,1-2H3,(H,29,33)(H,31,32)/b26-17+. The first-order chi connectivity index (χ1) is 16.0. The molecule has 0 saturated carbocycles. The summed E-state index contributed by atoms with van der Waals surface area (Å²) in [5.41, 5.74) is 5.88. The van der Waals surface area contributed by atoms with Gasteiger partial charge in [0.05, 0.1) is 0 Å². The number of benzene rings is 3. The van der Waals surface area contributed by atoms with Crippen LogP contribution in [0.1, 0.15) is 32.6 Å². The first kappa shape index (κ1) is 22.1. The Kier molecular flexibility index (Phi) is 6.69. The fraction of sp³-hybridized carbons (Fsp3) is 0.143. The summed E-state index contributed by atoms with van der Waals surface area (Å²) < 4.78 is 0. The number of aromatic amines is 1. The van der Waals surface area contributed by atoms with Gasteiger partial charge in [0, 0.05) is 29.2 Å². The molecule has 1 aromatic heterocycles. The van der Waals surface area contributed by atoms with Crippen LogP contribution in [-0.2, 0) is 11.2 Å². The second-order valence-electron chi connectivity index (χ2n) is 8.16. The lowest BCUT2D eigenvalue weighted by Crippen LogP contribution is -2.35. The second kappa shape index (κ2) is 10.0. The number of aryl methyl sites for hydroxylation is 2. The molecular formula is C28H27N3O2. The molecule has 0 unspecified atom stereocenters. The Hall–Kier alpha value is -4.12. The molecule has 4 aromatic rings. The average molecular weight is 438 g/mol. The monoisotopic (exact) mass is 437 g/mol. The van der Waals surface area contributed by atoms with E-state index in [1.54, 1.807) is 18.2 Å².